The van der Waals surface area contributed by atoms with Gasteiger partial charge in [-0.15, -0.1) is 0 Å². The smallest absolute Gasteiger partial charge is 0.283 e. The monoisotopic (exact) mass is 445 g/mol. The van der Waals surface area contributed by atoms with Crippen molar-refractivity contribution in [2.24, 2.45) is 0 Å². The number of fused-ring (bicyclic) bond motifs is 1. The van der Waals surface area contributed by atoms with Crippen LogP contribution in [0.5, 0.6) is 11.5 Å². The Morgan fingerprint density at radius 2 is 1.58 bits per heavy atom. The first kappa shape index (κ1) is 21.1. The second kappa shape index (κ2) is 8.94. The number of benzene rings is 2. The zero-order valence-corrected chi connectivity index (χ0v) is 17.5. The molecule has 2 aliphatic heterocycles. The second-order valence-corrected chi connectivity index (χ2v) is 9.65. The molecular formula is C21H23N3O6S. The van der Waals surface area contributed by atoms with Gasteiger partial charge in [0.05, 0.1) is 11.5 Å². The van der Waals surface area contributed by atoms with E-state index in [1.165, 1.54) is 0 Å². The van der Waals surface area contributed by atoms with Gasteiger partial charge in [0.25, 0.3) is 11.8 Å². The molecule has 10 heteroatoms. The van der Waals surface area contributed by atoms with Crippen molar-refractivity contribution in [1.29, 1.82) is 0 Å². The van der Waals surface area contributed by atoms with Crippen LogP contribution < -0.4 is 20.3 Å². The summed E-state index contributed by atoms with van der Waals surface area (Å²) >= 11 is 0. The molecule has 2 heterocycles. The van der Waals surface area contributed by atoms with Gasteiger partial charge in [0.15, 0.2) is 21.3 Å². The highest BCUT2D eigenvalue weighted by atomic mass is 32.2. The number of nitrogens with one attached hydrogen (secondary N) is 2. The summed E-state index contributed by atoms with van der Waals surface area (Å²) in [6.07, 6.45) is -0.912. The lowest BCUT2D eigenvalue weighted by molar-refractivity contribution is -0.137. The quantitative estimate of drug-likeness (QED) is 0.657. The van der Waals surface area contributed by atoms with E-state index in [2.05, 4.69) is 10.9 Å². The number of sulfone groups is 1. The average molecular weight is 445 g/mol. The Kier molecular flexibility index (Phi) is 6.10. The number of ether oxygens (including phenoxy) is 2. The van der Waals surface area contributed by atoms with Crippen molar-refractivity contribution in [2.75, 3.05) is 31.2 Å². The molecule has 0 spiro atoms. The number of nitrogens with zero attached hydrogens (tertiary/aromatic N) is 1. The van der Waals surface area contributed by atoms with Crippen molar-refractivity contribution in [1.82, 2.24) is 15.8 Å². The largest absolute Gasteiger partial charge is 0.485 e. The molecule has 0 aromatic heterocycles. The second-order valence-electron chi connectivity index (χ2n) is 7.34. The SMILES string of the molecule is O=C(NNC(=O)C(c1ccccc1)N1CCS(=O)(=O)CC1)C1COc2ccccc2O1. The first-order chi connectivity index (χ1) is 14.9. The minimum atomic E-state index is -3.10. The molecule has 164 valence electrons. The molecule has 2 aliphatic rings. The Morgan fingerprint density at radius 1 is 0.935 bits per heavy atom. The van der Waals surface area contributed by atoms with Crippen molar-refractivity contribution in [3.05, 3.63) is 60.2 Å². The molecule has 2 aromatic carbocycles. The molecule has 2 N–H and O–H groups in total. The summed E-state index contributed by atoms with van der Waals surface area (Å²) in [5.41, 5.74) is 5.56. The molecule has 1 fully saturated rings. The summed E-state index contributed by atoms with van der Waals surface area (Å²) in [4.78, 5) is 27.3. The first-order valence-corrected chi connectivity index (χ1v) is 11.7. The lowest BCUT2D eigenvalue weighted by atomic mass is 10.0. The highest BCUT2D eigenvalue weighted by Gasteiger charge is 2.33. The minimum absolute atomic E-state index is 0.0113. The number of amides is 2. The molecule has 9 nitrogen and oxygen atoms in total. The predicted molar refractivity (Wildman–Crippen MR) is 112 cm³/mol. The molecule has 4 rings (SSSR count). The lowest BCUT2D eigenvalue weighted by Gasteiger charge is -2.33. The van der Waals surface area contributed by atoms with Gasteiger partial charge in [-0.1, -0.05) is 42.5 Å². The minimum Gasteiger partial charge on any atom is -0.485 e. The van der Waals surface area contributed by atoms with Gasteiger partial charge in [-0.05, 0) is 17.7 Å². The fraction of sp³-hybridized carbons (Fsp3) is 0.333. The van der Waals surface area contributed by atoms with Gasteiger partial charge >= 0.3 is 0 Å². The maximum atomic E-state index is 13.0. The van der Waals surface area contributed by atoms with Crippen molar-refractivity contribution < 1.29 is 27.5 Å². The molecule has 0 saturated carbocycles. The van der Waals surface area contributed by atoms with Gasteiger partial charge in [0.2, 0.25) is 6.10 Å². The van der Waals surface area contributed by atoms with Crippen LogP contribution in [-0.2, 0) is 19.4 Å². The number of hydrogen-bond donors (Lipinski definition) is 2. The van der Waals surface area contributed by atoms with Crippen molar-refractivity contribution in [2.45, 2.75) is 12.1 Å². The van der Waals surface area contributed by atoms with Crippen molar-refractivity contribution in [3.63, 3.8) is 0 Å². The van der Waals surface area contributed by atoms with E-state index in [9.17, 15) is 18.0 Å². The van der Waals surface area contributed by atoms with Gasteiger partial charge in [-0.3, -0.25) is 25.3 Å². The number of para-hydroxylation sites is 2. The highest BCUT2D eigenvalue weighted by molar-refractivity contribution is 7.91. The van der Waals surface area contributed by atoms with E-state index in [-0.39, 0.29) is 31.2 Å². The molecule has 0 aliphatic carbocycles. The van der Waals surface area contributed by atoms with Gasteiger partial charge in [-0.25, -0.2) is 8.42 Å². The Balaban J connectivity index is 1.41. The molecule has 1 saturated heterocycles. The van der Waals surface area contributed by atoms with Gasteiger partial charge < -0.3 is 9.47 Å². The first-order valence-electron chi connectivity index (χ1n) is 9.90. The zero-order chi connectivity index (χ0) is 21.8. The molecule has 2 unspecified atom stereocenters. The topological polar surface area (TPSA) is 114 Å². The average Bonchev–Trinajstić information content (AvgIpc) is 2.79. The molecule has 2 aromatic rings. The third-order valence-electron chi connectivity index (χ3n) is 5.22. The van der Waals surface area contributed by atoms with Crippen LogP contribution in [0.1, 0.15) is 11.6 Å². The Hall–Kier alpha value is -3.11. The fourth-order valence-electron chi connectivity index (χ4n) is 3.57. The number of hydrogen-bond acceptors (Lipinski definition) is 7. The van der Waals surface area contributed by atoms with E-state index in [0.29, 0.717) is 17.1 Å². The van der Waals surface area contributed by atoms with Gasteiger partial charge in [0, 0.05) is 13.1 Å². The van der Waals surface area contributed by atoms with Crippen LogP contribution in [0.3, 0.4) is 0 Å². The predicted octanol–water partition coefficient (Wildman–Crippen LogP) is 0.446. The van der Waals surface area contributed by atoms with Gasteiger partial charge in [0.1, 0.15) is 12.6 Å². The van der Waals surface area contributed by atoms with Crippen molar-refractivity contribution in [3.8, 4) is 11.5 Å². The van der Waals surface area contributed by atoms with E-state index in [4.69, 9.17) is 9.47 Å². The number of carbonyl (C=O) groups excluding carboxylic acids is 2. The van der Waals surface area contributed by atoms with E-state index >= 15 is 0 Å². The number of carbonyl (C=O) groups is 2. The summed E-state index contributed by atoms with van der Waals surface area (Å²) in [7, 11) is -3.10. The van der Waals surface area contributed by atoms with Gasteiger partial charge in [-0.2, -0.15) is 0 Å². The van der Waals surface area contributed by atoms with E-state index < -0.39 is 33.8 Å². The summed E-state index contributed by atoms with van der Waals surface area (Å²) < 4.78 is 34.8. The van der Waals surface area contributed by atoms with Crippen LogP contribution in [0.4, 0.5) is 0 Å². The molecule has 2 amide bonds. The van der Waals surface area contributed by atoms with E-state index in [1.54, 1.807) is 53.4 Å². The molecule has 0 radical (unpaired) electrons. The summed E-state index contributed by atoms with van der Waals surface area (Å²) in [5, 5.41) is 0. The summed E-state index contributed by atoms with van der Waals surface area (Å²) in [6, 6.07) is 15.3. The molecule has 31 heavy (non-hydrogen) atoms. The third kappa shape index (κ3) is 4.97. The van der Waals surface area contributed by atoms with Crippen LogP contribution in [0.15, 0.2) is 54.6 Å². The maximum Gasteiger partial charge on any atom is 0.283 e. The van der Waals surface area contributed by atoms with Crippen LogP contribution in [0, 0.1) is 0 Å². The Bertz CT molecular complexity index is 1050. The van der Waals surface area contributed by atoms with E-state index in [0.717, 1.165) is 0 Å². The molecular weight excluding hydrogens is 422 g/mol. The maximum absolute atomic E-state index is 13.0. The van der Waals surface area contributed by atoms with Crippen LogP contribution in [0.25, 0.3) is 0 Å². The van der Waals surface area contributed by atoms with Crippen molar-refractivity contribution >= 4 is 21.7 Å². The molecule has 0 bridgehead atoms. The number of hydrazine groups is 1. The Morgan fingerprint density at radius 3 is 2.29 bits per heavy atom. The standard InChI is InChI=1S/C21H23N3O6S/c25-20(18-14-29-16-8-4-5-9-17(16)30-18)22-23-21(26)19(15-6-2-1-3-7-15)24-10-12-31(27,28)13-11-24/h1-9,18-19H,10-14H2,(H,22,25)(H,23,26). The van der Waals surface area contributed by atoms with Crippen LogP contribution in [0.2, 0.25) is 0 Å². The zero-order valence-electron chi connectivity index (χ0n) is 16.7. The lowest BCUT2D eigenvalue weighted by Crippen LogP contribution is -2.54. The summed E-state index contributed by atoms with van der Waals surface area (Å²) in [5.74, 6) is -0.0193. The Labute approximate surface area is 180 Å². The molecule has 2 atom stereocenters. The third-order valence-corrected chi connectivity index (χ3v) is 6.83. The van der Waals surface area contributed by atoms with Crippen LogP contribution in [-0.4, -0.2) is 62.4 Å². The van der Waals surface area contributed by atoms with Crippen LogP contribution >= 0.6 is 0 Å². The van der Waals surface area contributed by atoms with E-state index in [1.807, 2.05) is 6.07 Å². The number of rotatable bonds is 4. The normalized spacial score (nSPS) is 21.0. The summed E-state index contributed by atoms with van der Waals surface area (Å²) in [6.45, 7) is 0.490. The highest BCUT2D eigenvalue weighted by Crippen LogP contribution is 2.30. The fourth-order valence-corrected chi connectivity index (χ4v) is 4.80.